The van der Waals surface area contributed by atoms with Gasteiger partial charge in [-0.3, -0.25) is 14.7 Å². The van der Waals surface area contributed by atoms with Crippen molar-refractivity contribution in [2.45, 2.75) is 6.18 Å². The molecule has 0 radical (unpaired) electrons. The standard InChI is InChI=1S/C13H9F3N6O2/c14-13(15,16)12(24)21-7-1-9-10(6-2-18-19-3-6)8(11(17)23)4-20-22(9)5-7/h1-5H,(H2,17,23)(H,18,19)(H,21,24). The highest BCUT2D eigenvalue weighted by molar-refractivity contribution is 6.04. The highest BCUT2D eigenvalue weighted by Crippen LogP contribution is 2.30. The SMILES string of the molecule is NC(=O)c1cnn2cc(NC(=O)C(F)(F)F)cc2c1-c1cn[nH]c1. The van der Waals surface area contributed by atoms with Crippen LogP contribution in [0.1, 0.15) is 10.4 Å². The lowest BCUT2D eigenvalue weighted by atomic mass is 10.0. The lowest BCUT2D eigenvalue weighted by Crippen LogP contribution is -2.29. The molecule has 0 aliphatic rings. The van der Waals surface area contributed by atoms with Crippen LogP contribution in [-0.4, -0.2) is 37.8 Å². The van der Waals surface area contributed by atoms with Crippen LogP contribution >= 0.6 is 0 Å². The van der Waals surface area contributed by atoms with Crippen LogP contribution in [0.3, 0.4) is 0 Å². The molecule has 11 heteroatoms. The number of hydrogen-bond acceptors (Lipinski definition) is 4. The van der Waals surface area contributed by atoms with Gasteiger partial charge in [-0.05, 0) is 6.07 Å². The number of rotatable bonds is 3. The number of carbonyl (C=O) groups is 2. The highest BCUT2D eigenvalue weighted by Gasteiger charge is 2.38. The van der Waals surface area contributed by atoms with Crippen molar-refractivity contribution in [3.05, 3.63) is 36.4 Å². The molecule has 2 amide bonds. The second-order valence-corrected chi connectivity index (χ2v) is 4.79. The molecule has 4 N–H and O–H groups in total. The number of halogens is 3. The van der Waals surface area contributed by atoms with E-state index in [1.165, 1.54) is 35.4 Å². The largest absolute Gasteiger partial charge is 0.471 e. The molecule has 8 nitrogen and oxygen atoms in total. The Morgan fingerprint density at radius 2 is 2.04 bits per heavy atom. The molecule has 0 spiro atoms. The van der Waals surface area contributed by atoms with E-state index in [-0.39, 0.29) is 16.8 Å². The molecule has 0 aliphatic carbocycles. The summed E-state index contributed by atoms with van der Waals surface area (Å²) in [4.78, 5) is 22.6. The van der Waals surface area contributed by atoms with E-state index in [2.05, 4.69) is 15.3 Å². The van der Waals surface area contributed by atoms with E-state index < -0.39 is 18.0 Å². The van der Waals surface area contributed by atoms with Gasteiger partial charge in [0.05, 0.1) is 35.4 Å². The number of alkyl halides is 3. The monoisotopic (exact) mass is 338 g/mol. The molecule has 0 atom stereocenters. The number of nitrogens with two attached hydrogens (primary N) is 1. The Morgan fingerprint density at radius 3 is 2.62 bits per heavy atom. The minimum absolute atomic E-state index is 0.0655. The van der Waals surface area contributed by atoms with Crippen LogP contribution in [0.2, 0.25) is 0 Å². The Kier molecular flexibility index (Phi) is 3.47. The molecule has 3 aromatic rings. The molecular formula is C13H9F3N6O2. The predicted molar refractivity (Wildman–Crippen MR) is 76.0 cm³/mol. The van der Waals surface area contributed by atoms with Gasteiger partial charge in [-0.25, -0.2) is 4.52 Å². The average Bonchev–Trinajstić information content (AvgIpc) is 3.13. The number of hydrogen-bond donors (Lipinski definition) is 3. The first-order chi connectivity index (χ1) is 11.3. The lowest BCUT2D eigenvalue weighted by molar-refractivity contribution is -0.167. The molecule has 0 bridgehead atoms. The second-order valence-electron chi connectivity index (χ2n) is 4.79. The molecule has 0 saturated carbocycles. The minimum atomic E-state index is -5.02. The van der Waals surface area contributed by atoms with Gasteiger partial charge < -0.3 is 11.1 Å². The topological polar surface area (TPSA) is 118 Å². The van der Waals surface area contributed by atoms with Gasteiger partial charge in [-0.1, -0.05) is 0 Å². The van der Waals surface area contributed by atoms with E-state index >= 15 is 0 Å². The summed E-state index contributed by atoms with van der Waals surface area (Å²) in [6.07, 6.45) is 0.263. The third-order valence-electron chi connectivity index (χ3n) is 3.20. The number of amides is 2. The number of nitrogens with zero attached hydrogens (tertiary/aromatic N) is 3. The number of aromatic nitrogens is 4. The third-order valence-corrected chi connectivity index (χ3v) is 3.20. The van der Waals surface area contributed by atoms with Crippen molar-refractivity contribution in [1.82, 2.24) is 19.8 Å². The van der Waals surface area contributed by atoms with Crippen molar-refractivity contribution in [2.75, 3.05) is 5.32 Å². The maximum atomic E-state index is 12.4. The van der Waals surface area contributed by atoms with Gasteiger partial charge in [0.1, 0.15) is 0 Å². The Balaban J connectivity index is 2.14. The smallest absolute Gasteiger partial charge is 0.366 e. The van der Waals surface area contributed by atoms with E-state index in [0.29, 0.717) is 11.1 Å². The van der Waals surface area contributed by atoms with E-state index in [4.69, 9.17) is 5.73 Å². The van der Waals surface area contributed by atoms with Crippen molar-refractivity contribution < 1.29 is 22.8 Å². The molecular weight excluding hydrogens is 329 g/mol. The Labute approximate surface area is 131 Å². The maximum Gasteiger partial charge on any atom is 0.471 e. The normalized spacial score (nSPS) is 11.6. The van der Waals surface area contributed by atoms with Crippen LogP contribution in [0.25, 0.3) is 16.6 Å². The Morgan fingerprint density at radius 1 is 1.29 bits per heavy atom. The van der Waals surface area contributed by atoms with Gasteiger partial charge in [-0.2, -0.15) is 23.4 Å². The molecule has 3 heterocycles. The molecule has 0 aliphatic heterocycles. The number of anilines is 1. The van der Waals surface area contributed by atoms with Crippen LogP contribution < -0.4 is 11.1 Å². The van der Waals surface area contributed by atoms with E-state index in [1.807, 2.05) is 0 Å². The molecule has 0 aromatic carbocycles. The van der Waals surface area contributed by atoms with Crippen molar-refractivity contribution in [3.63, 3.8) is 0 Å². The fourth-order valence-corrected chi connectivity index (χ4v) is 2.20. The zero-order chi connectivity index (χ0) is 17.5. The average molecular weight is 338 g/mol. The van der Waals surface area contributed by atoms with Gasteiger partial charge >= 0.3 is 12.1 Å². The van der Waals surface area contributed by atoms with Crippen LogP contribution in [0.15, 0.2) is 30.9 Å². The number of aromatic amines is 1. The Bertz CT molecular complexity index is 929. The summed E-state index contributed by atoms with van der Waals surface area (Å²) >= 11 is 0. The molecule has 124 valence electrons. The van der Waals surface area contributed by atoms with Crippen LogP contribution in [-0.2, 0) is 4.79 Å². The number of primary amides is 1. The second kappa shape index (κ2) is 5.37. The fraction of sp³-hybridized carbons (Fsp3) is 0.0769. The van der Waals surface area contributed by atoms with Gasteiger partial charge in [0.15, 0.2) is 0 Å². The van der Waals surface area contributed by atoms with Crippen molar-refractivity contribution >= 4 is 23.0 Å². The zero-order valence-electron chi connectivity index (χ0n) is 11.8. The number of H-pyrrole nitrogens is 1. The van der Waals surface area contributed by atoms with Gasteiger partial charge in [0.2, 0.25) is 0 Å². The molecule has 0 saturated heterocycles. The number of fused-ring (bicyclic) bond motifs is 1. The summed E-state index contributed by atoms with van der Waals surface area (Å²) in [6, 6.07) is 1.26. The summed E-state index contributed by atoms with van der Waals surface area (Å²) in [5.41, 5.74) is 6.36. The maximum absolute atomic E-state index is 12.4. The summed E-state index contributed by atoms with van der Waals surface area (Å²) in [6.45, 7) is 0. The van der Waals surface area contributed by atoms with Gasteiger partial charge in [-0.15, -0.1) is 0 Å². The zero-order valence-corrected chi connectivity index (χ0v) is 11.8. The van der Waals surface area contributed by atoms with Crippen LogP contribution in [0.5, 0.6) is 0 Å². The van der Waals surface area contributed by atoms with E-state index in [1.54, 1.807) is 5.32 Å². The van der Waals surface area contributed by atoms with E-state index in [0.717, 1.165) is 0 Å². The predicted octanol–water partition coefficient (Wildman–Crippen LogP) is 1.32. The quantitative estimate of drug-likeness (QED) is 0.667. The molecule has 0 unspecified atom stereocenters. The number of carbonyl (C=O) groups excluding carboxylic acids is 2. The lowest BCUT2D eigenvalue weighted by Gasteiger charge is -2.06. The summed E-state index contributed by atoms with van der Waals surface area (Å²) in [5, 5.41) is 12.0. The van der Waals surface area contributed by atoms with Crippen molar-refractivity contribution in [2.24, 2.45) is 5.73 Å². The molecule has 0 fully saturated rings. The van der Waals surface area contributed by atoms with Crippen LogP contribution in [0.4, 0.5) is 18.9 Å². The Hall–Kier alpha value is -3.37. The minimum Gasteiger partial charge on any atom is -0.366 e. The van der Waals surface area contributed by atoms with Crippen molar-refractivity contribution in [1.29, 1.82) is 0 Å². The summed E-state index contributed by atoms with van der Waals surface area (Å²) in [7, 11) is 0. The van der Waals surface area contributed by atoms with Gasteiger partial charge in [0.25, 0.3) is 5.91 Å². The summed E-state index contributed by atoms with van der Waals surface area (Å²) in [5.74, 6) is -2.87. The fourth-order valence-electron chi connectivity index (χ4n) is 2.20. The summed E-state index contributed by atoms with van der Waals surface area (Å²) < 4.78 is 38.3. The van der Waals surface area contributed by atoms with E-state index in [9.17, 15) is 22.8 Å². The first-order valence-electron chi connectivity index (χ1n) is 6.46. The van der Waals surface area contributed by atoms with Crippen molar-refractivity contribution in [3.8, 4) is 11.1 Å². The molecule has 3 rings (SSSR count). The van der Waals surface area contributed by atoms with Crippen LogP contribution in [0, 0.1) is 0 Å². The number of nitrogens with one attached hydrogen (secondary N) is 2. The van der Waals surface area contributed by atoms with Gasteiger partial charge in [0, 0.05) is 17.3 Å². The first-order valence-corrected chi connectivity index (χ1v) is 6.46. The third kappa shape index (κ3) is 2.66. The molecule has 3 aromatic heterocycles. The molecule has 24 heavy (non-hydrogen) atoms. The highest BCUT2D eigenvalue weighted by atomic mass is 19.4. The first kappa shape index (κ1) is 15.5.